The Bertz CT molecular complexity index is 374. The highest BCUT2D eigenvalue weighted by Gasteiger charge is 2.64. The maximum absolute atomic E-state index is 5.87. The molecule has 2 fully saturated rings. The molecule has 1 aromatic rings. The van der Waals surface area contributed by atoms with E-state index in [9.17, 15) is 0 Å². The second kappa shape index (κ2) is 2.33. The summed E-state index contributed by atoms with van der Waals surface area (Å²) in [6.45, 7) is 4.37. The Balaban J connectivity index is 1.97. The third kappa shape index (κ3) is 0.954. The first-order valence-corrected chi connectivity index (χ1v) is 5.48. The number of anilines is 1. The van der Waals surface area contributed by atoms with Crippen LogP contribution in [0.5, 0.6) is 0 Å². The average Bonchev–Trinajstić information content (AvgIpc) is 3.00. The van der Waals surface area contributed by atoms with Crippen molar-refractivity contribution >= 4 is 5.82 Å². The largest absolute Gasteiger partial charge is 0.382 e. The lowest BCUT2D eigenvalue weighted by molar-refractivity contribution is 0.782. The van der Waals surface area contributed by atoms with Crippen LogP contribution in [0.2, 0.25) is 0 Å². The molecule has 2 aliphatic carbocycles. The van der Waals surface area contributed by atoms with Crippen LogP contribution >= 0.6 is 0 Å². The molecule has 2 saturated carbocycles. The molecule has 1 aromatic heterocycles. The summed E-state index contributed by atoms with van der Waals surface area (Å²) in [5.74, 6) is 1.93. The first kappa shape index (κ1) is 8.33. The van der Waals surface area contributed by atoms with E-state index in [1.165, 1.54) is 30.5 Å². The van der Waals surface area contributed by atoms with Crippen LogP contribution in [0.15, 0.2) is 0 Å². The monoisotopic (exact) mass is 191 g/mol. The molecular formula is C11H17N3. The Morgan fingerprint density at radius 1 is 1.50 bits per heavy atom. The lowest BCUT2D eigenvalue weighted by Crippen LogP contribution is -1.97. The van der Waals surface area contributed by atoms with Crippen molar-refractivity contribution in [2.24, 2.45) is 5.41 Å². The predicted molar refractivity (Wildman–Crippen MR) is 56.1 cm³/mol. The van der Waals surface area contributed by atoms with Crippen LogP contribution in [0.25, 0.3) is 0 Å². The van der Waals surface area contributed by atoms with Crippen molar-refractivity contribution < 1.29 is 0 Å². The average molecular weight is 191 g/mol. The Morgan fingerprint density at radius 2 is 2.21 bits per heavy atom. The molecule has 0 saturated heterocycles. The summed E-state index contributed by atoms with van der Waals surface area (Å²) >= 11 is 0. The van der Waals surface area contributed by atoms with Crippen molar-refractivity contribution in [1.82, 2.24) is 10.2 Å². The van der Waals surface area contributed by atoms with Gasteiger partial charge in [0.15, 0.2) is 0 Å². The van der Waals surface area contributed by atoms with E-state index >= 15 is 0 Å². The molecular weight excluding hydrogens is 174 g/mol. The number of hydrogen-bond acceptors (Lipinski definition) is 2. The first-order chi connectivity index (χ1) is 6.64. The van der Waals surface area contributed by atoms with Crippen molar-refractivity contribution in [2.75, 3.05) is 5.73 Å². The third-order valence-electron chi connectivity index (χ3n) is 3.87. The minimum absolute atomic E-state index is 0.486. The summed E-state index contributed by atoms with van der Waals surface area (Å²) in [7, 11) is 0. The minimum Gasteiger partial charge on any atom is -0.382 e. The van der Waals surface area contributed by atoms with Crippen molar-refractivity contribution in [1.29, 1.82) is 0 Å². The van der Waals surface area contributed by atoms with Crippen molar-refractivity contribution in [3.05, 3.63) is 11.3 Å². The van der Waals surface area contributed by atoms with Gasteiger partial charge in [-0.05, 0) is 30.6 Å². The molecule has 2 aliphatic rings. The zero-order valence-electron chi connectivity index (χ0n) is 8.80. The summed E-state index contributed by atoms with van der Waals surface area (Å²) in [6.07, 6.45) is 4.18. The molecule has 3 N–H and O–H groups in total. The number of H-pyrrole nitrogens is 1. The summed E-state index contributed by atoms with van der Waals surface area (Å²) in [5, 5.41) is 7.28. The molecule has 0 aromatic carbocycles. The van der Waals surface area contributed by atoms with Crippen molar-refractivity contribution in [2.45, 2.75) is 44.9 Å². The van der Waals surface area contributed by atoms with Gasteiger partial charge in [0.2, 0.25) is 0 Å². The number of nitrogens with one attached hydrogen (secondary N) is 1. The van der Waals surface area contributed by atoms with Gasteiger partial charge in [0.05, 0.1) is 0 Å². The van der Waals surface area contributed by atoms with E-state index in [4.69, 9.17) is 5.73 Å². The number of hydrogen-bond donors (Lipinski definition) is 2. The molecule has 0 amide bonds. The standard InChI is InChI=1S/C11H17N3/c1-6(2)8-9(13-14-10(8)12)7-5-11(7)3-4-11/h6-7H,3-5H2,1-2H3,(H3,12,13,14). The van der Waals surface area contributed by atoms with Crippen LogP contribution in [0, 0.1) is 5.41 Å². The summed E-state index contributed by atoms with van der Waals surface area (Å²) < 4.78 is 0. The molecule has 0 radical (unpaired) electrons. The second-order valence-corrected chi connectivity index (χ2v) is 5.21. The Labute approximate surface area is 84.1 Å². The minimum atomic E-state index is 0.486. The lowest BCUT2D eigenvalue weighted by atomic mass is 10.00. The second-order valence-electron chi connectivity index (χ2n) is 5.21. The maximum Gasteiger partial charge on any atom is 0.148 e. The van der Waals surface area contributed by atoms with E-state index in [-0.39, 0.29) is 0 Å². The lowest BCUT2D eigenvalue weighted by Gasteiger charge is -2.06. The number of aromatic amines is 1. The van der Waals surface area contributed by atoms with Crippen LogP contribution in [0.4, 0.5) is 5.82 Å². The van der Waals surface area contributed by atoms with E-state index in [2.05, 4.69) is 24.0 Å². The highest BCUT2D eigenvalue weighted by Crippen LogP contribution is 2.75. The van der Waals surface area contributed by atoms with E-state index < -0.39 is 0 Å². The fraction of sp³-hybridized carbons (Fsp3) is 0.727. The Morgan fingerprint density at radius 3 is 2.71 bits per heavy atom. The van der Waals surface area contributed by atoms with Crippen LogP contribution < -0.4 is 5.73 Å². The Kier molecular flexibility index (Phi) is 1.38. The van der Waals surface area contributed by atoms with Gasteiger partial charge in [-0.2, -0.15) is 5.10 Å². The van der Waals surface area contributed by atoms with E-state index in [1.54, 1.807) is 0 Å². The smallest absolute Gasteiger partial charge is 0.148 e. The zero-order valence-corrected chi connectivity index (χ0v) is 8.80. The number of rotatable bonds is 2. The maximum atomic E-state index is 5.87. The zero-order chi connectivity index (χ0) is 9.92. The number of nitrogens with zero attached hydrogens (tertiary/aromatic N) is 1. The number of nitrogens with two attached hydrogens (primary N) is 1. The number of aromatic nitrogens is 2. The predicted octanol–water partition coefficient (Wildman–Crippen LogP) is 2.38. The molecule has 0 aliphatic heterocycles. The highest BCUT2D eigenvalue weighted by atomic mass is 15.2. The van der Waals surface area contributed by atoms with Gasteiger partial charge in [0, 0.05) is 17.2 Å². The molecule has 1 atom stereocenters. The molecule has 1 unspecified atom stereocenters. The summed E-state index contributed by atoms with van der Waals surface area (Å²) in [5.41, 5.74) is 9.15. The van der Waals surface area contributed by atoms with Crippen molar-refractivity contribution in [3.63, 3.8) is 0 Å². The van der Waals surface area contributed by atoms with Gasteiger partial charge in [-0.25, -0.2) is 0 Å². The van der Waals surface area contributed by atoms with Gasteiger partial charge in [-0.15, -0.1) is 0 Å². The fourth-order valence-electron chi connectivity index (χ4n) is 2.72. The molecule has 3 nitrogen and oxygen atoms in total. The van der Waals surface area contributed by atoms with Crippen molar-refractivity contribution in [3.8, 4) is 0 Å². The SMILES string of the molecule is CC(C)c1c(N)n[nH]c1C1CC12CC2. The number of nitrogen functional groups attached to an aromatic ring is 1. The molecule has 3 rings (SSSR count). The molecule has 0 bridgehead atoms. The van der Waals surface area contributed by atoms with Gasteiger partial charge in [-0.1, -0.05) is 13.8 Å². The van der Waals surface area contributed by atoms with Gasteiger partial charge in [0.1, 0.15) is 5.82 Å². The van der Waals surface area contributed by atoms with Gasteiger partial charge in [0.25, 0.3) is 0 Å². The van der Waals surface area contributed by atoms with Crippen LogP contribution in [0.1, 0.15) is 56.2 Å². The third-order valence-corrected chi connectivity index (χ3v) is 3.87. The van der Waals surface area contributed by atoms with E-state index in [0.717, 1.165) is 5.92 Å². The van der Waals surface area contributed by atoms with E-state index in [0.29, 0.717) is 17.2 Å². The molecule has 3 heteroatoms. The first-order valence-electron chi connectivity index (χ1n) is 5.48. The van der Waals surface area contributed by atoms with Crippen LogP contribution in [0.3, 0.4) is 0 Å². The summed E-state index contributed by atoms with van der Waals surface area (Å²) in [4.78, 5) is 0. The molecule has 1 heterocycles. The molecule has 1 spiro atoms. The quantitative estimate of drug-likeness (QED) is 0.754. The summed E-state index contributed by atoms with van der Waals surface area (Å²) in [6, 6.07) is 0. The van der Waals surface area contributed by atoms with E-state index in [1.807, 2.05) is 0 Å². The van der Waals surface area contributed by atoms with Gasteiger partial charge >= 0.3 is 0 Å². The highest BCUT2D eigenvalue weighted by molar-refractivity contribution is 5.48. The topological polar surface area (TPSA) is 54.7 Å². The fourth-order valence-corrected chi connectivity index (χ4v) is 2.72. The normalized spacial score (nSPS) is 27.2. The Hall–Kier alpha value is -0.990. The van der Waals surface area contributed by atoms with Crippen LogP contribution in [-0.4, -0.2) is 10.2 Å². The van der Waals surface area contributed by atoms with Crippen LogP contribution in [-0.2, 0) is 0 Å². The molecule has 14 heavy (non-hydrogen) atoms. The molecule has 76 valence electrons. The van der Waals surface area contributed by atoms with Gasteiger partial charge < -0.3 is 5.73 Å². The van der Waals surface area contributed by atoms with Gasteiger partial charge in [-0.3, -0.25) is 5.10 Å².